The average Bonchev–Trinajstić information content (AvgIpc) is 3.98. The average molecular weight is 853 g/mol. The van der Waals surface area contributed by atoms with Crippen molar-refractivity contribution in [1.82, 2.24) is 33.6 Å². The number of hydrogen-bond donors (Lipinski definition) is 3. The van der Waals surface area contributed by atoms with Crippen LogP contribution in [0.25, 0.3) is 11.0 Å². The van der Waals surface area contributed by atoms with Crippen molar-refractivity contribution in [2.45, 2.75) is 105 Å². The summed E-state index contributed by atoms with van der Waals surface area (Å²) in [5, 5.41) is 16.2. The number of carbonyl (C=O) groups excluding carboxylic acids is 3. The van der Waals surface area contributed by atoms with E-state index in [4.69, 9.17) is 4.98 Å². The molecule has 2 aromatic heterocycles. The molecule has 18 heteroatoms. The molecule has 4 aliphatic heterocycles. The Morgan fingerprint density at radius 3 is 2.44 bits per heavy atom. The number of piperazine rings is 1. The first kappa shape index (κ1) is 39.9. The zero-order chi connectivity index (χ0) is 42.2. The number of piperidine rings is 2. The maximum Gasteiger partial charge on any atom is 0.329 e. The van der Waals surface area contributed by atoms with Crippen molar-refractivity contribution in [3.8, 4) is 0 Å². The van der Waals surface area contributed by atoms with Gasteiger partial charge in [-0.15, -0.1) is 0 Å². The molecule has 0 bridgehead atoms. The van der Waals surface area contributed by atoms with E-state index in [2.05, 4.69) is 25.4 Å². The minimum absolute atomic E-state index is 0.0338. The maximum atomic E-state index is 14.0. The second kappa shape index (κ2) is 15.3. The predicted molar refractivity (Wildman–Crippen MR) is 227 cm³/mol. The fraction of sp³-hybridized carbons (Fsp3) is 0.535. The van der Waals surface area contributed by atoms with E-state index in [1.165, 1.54) is 4.57 Å². The summed E-state index contributed by atoms with van der Waals surface area (Å²) in [6.45, 7) is 4.11. The summed E-state index contributed by atoms with van der Waals surface area (Å²) < 4.78 is 32.6. The number of anilines is 3. The second-order valence-electron chi connectivity index (χ2n) is 17.7. The van der Waals surface area contributed by atoms with Gasteiger partial charge in [0.05, 0.1) is 33.1 Å². The molecule has 5 fully saturated rings. The van der Waals surface area contributed by atoms with Crippen LogP contribution < -0.4 is 26.1 Å². The summed E-state index contributed by atoms with van der Waals surface area (Å²) in [6.07, 6.45) is 7.60. The Morgan fingerprint density at radius 1 is 0.934 bits per heavy atom. The Kier molecular flexibility index (Phi) is 10.0. The molecule has 6 aliphatic rings. The summed E-state index contributed by atoms with van der Waals surface area (Å²) in [7, 11) is -2.03. The van der Waals surface area contributed by atoms with Crippen LogP contribution in [0.15, 0.2) is 58.4 Å². The quantitative estimate of drug-likeness (QED) is 0.209. The van der Waals surface area contributed by atoms with E-state index in [-0.39, 0.29) is 47.3 Å². The van der Waals surface area contributed by atoms with Crippen molar-refractivity contribution in [3.05, 3.63) is 70.3 Å². The molecule has 3 amide bonds. The minimum Gasteiger partial charge on any atom is -0.393 e. The molecular formula is C43H52N10O7S. The summed E-state index contributed by atoms with van der Waals surface area (Å²) in [6, 6.07) is 12.1. The van der Waals surface area contributed by atoms with Gasteiger partial charge in [0.1, 0.15) is 11.9 Å². The number of imidazole rings is 1. The lowest BCUT2D eigenvalue weighted by atomic mass is 9.92. The number of aliphatic hydroxyl groups is 1. The monoisotopic (exact) mass is 852 g/mol. The molecule has 2 aliphatic carbocycles. The molecule has 6 heterocycles. The number of amides is 3. The van der Waals surface area contributed by atoms with Gasteiger partial charge in [0, 0.05) is 83.1 Å². The van der Waals surface area contributed by atoms with Crippen LogP contribution in [0.5, 0.6) is 0 Å². The Hall–Kier alpha value is -5.17. The standard InChI is InChI=1S/C43H52N10O7S/c1-48-37-33(9-4-10-34(37)53(42(48)58)35-11-12-36(55)46-39(35)56)50-21-19-49(20-22-50)26-27-5-2-8-31(23-27)61(59,60)51-17-13-28(14-18-51)45-41-44-25-32-38(47-41)52(40(57)43(32)15-16-43)29-6-3-7-30(54)24-29/h2,4-5,8-10,23,25,28-30,35,54H,3,6-7,11-22,24,26H2,1H3,(H,44,45,47)(H,46,55,56)/t29-,30-,35?/m1/s1. The third-order valence-corrected chi connectivity index (χ3v) is 15.8. The van der Waals surface area contributed by atoms with Gasteiger partial charge in [0.2, 0.25) is 33.7 Å². The normalized spacial score (nSPS) is 25.0. The van der Waals surface area contributed by atoms with Crippen LogP contribution >= 0.6 is 0 Å². The van der Waals surface area contributed by atoms with Gasteiger partial charge in [-0.25, -0.2) is 18.2 Å². The Bertz CT molecular complexity index is 2590. The zero-order valence-corrected chi connectivity index (χ0v) is 35.1. The van der Waals surface area contributed by atoms with E-state index in [1.54, 1.807) is 40.3 Å². The number of aliphatic hydroxyl groups excluding tert-OH is 1. The molecule has 4 aromatic rings. The van der Waals surface area contributed by atoms with Crippen LogP contribution in [-0.2, 0) is 43.4 Å². The van der Waals surface area contributed by atoms with Gasteiger partial charge in [0.15, 0.2) is 0 Å². The third-order valence-electron chi connectivity index (χ3n) is 13.9. The Labute approximate surface area is 353 Å². The molecule has 1 unspecified atom stereocenters. The summed E-state index contributed by atoms with van der Waals surface area (Å²) >= 11 is 0. The van der Waals surface area contributed by atoms with Gasteiger partial charge in [0.25, 0.3) is 0 Å². The highest BCUT2D eigenvalue weighted by Crippen LogP contribution is 2.57. The Morgan fingerprint density at radius 2 is 1.70 bits per heavy atom. The van der Waals surface area contributed by atoms with Crippen molar-refractivity contribution >= 4 is 56.2 Å². The smallest absolute Gasteiger partial charge is 0.329 e. The van der Waals surface area contributed by atoms with Gasteiger partial charge >= 0.3 is 5.69 Å². The van der Waals surface area contributed by atoms with Crippen LogP contribution in [0.3, 0.4) is 0 Å². The van der Waals surface area contributed by atoms with Crippen LogP contribution in [0.2, 0.25) is 0 Å². The van der Waals surface area contributed by atoms with Gasteiger partial charge < -0.3 is 15.3 Å². The van der Waals surface area contributed by atoms with Crippen LogP contribution in [-0.4, -0.2) is 117 Å². The van der Waals surface area contributed by atoms with E-state index >= 15 is 0 Å². The van der Waals surface area contributed by atoms with Crippen molar-refractivity contribution < 1.29 is 27.9 Å². The van der Waals surface area contributed by atoms with E-state index in [1.807, 2.05) is 29.2 Å². The first-order valence-electron chi connectivity index (χ1n) is 21.7. The van der Waals surface area contributed by atoms with Gasteiger partial charge in [-0.2, -0.15) is 9.29 Å². The number of hydrogen-bond acceptors (Lipinski definition) is 12. The molecule has 2 aromatic carbocycles. The molecule has 3 atom stereocenters. The molecule has 322 valence electrons. The SMILES string of the molecule is Cn1c(=O)n(C2CCC(=O)NC2=O)c2cccc(N3CCN(Cc4cccc(S(=O)(=O)N5CCC(Nc6ncc7c(n6)N([C@@H]6CCC[C@@H](O)C6)C(=O)C76CC6)CC5)c4)CC3)c21. The highest BCUT2D eigenvalue weighted by Gasteiger charge is 2.61. The predicted octanol–water partition coefficient (Wildman–Crippen LogP) is 2.38. The molecule has 1 spiro atoms. The molecule has 2 saturated carbocycles. The van der Waals surface area contributed by atoms with Gasteiger partial charge in [-0.3, -0.25) is 38.6 Å². The van der Waals surface area contributed by atoms with E-state index < -0.39 is 33.5 Å². The van der Waals surface area contributed by atoms with Crippen LogP contribution in [0.1, 0.15) is 81.4 Å². The fourth-order valence-corrected chi connectivity index (χ4v) is 12.0. The van der Waals surface area contributed by atoms with Gasteiger partial charge in [-0.05, 0) is 87.6 Å². The number of nitrogens with zero attached hydrogens (tertiary/aromatic N) is 8. The lowest BCUT2D eigenvalue weighted by molar-refractivity contribution is -0.135. The number of carbonyl (C=O) groups is 3. The first-order valence-corrected chi connectivity index (χ1v) is 23.1. The maximum absolute atomic E-state index is 14.0. The molecule has 10 rings (SSSR count). The van der Waals surface area contributed by atoms with Crippen molar-refractivity contribution in [1.29, 1.82) is 0 Å². The number of sulfonamides is 1. The van der Waals surface area contributed by atoms with Crippen molar-refractivity contribution in [2.75, 3.05) is 54.4 Å². The largest absolute Gasteiger partial charge is 0.393 e. The highest BCUT2D eigenvalue weighted by molar-refractivity contribution is 7.89. The van der Waals surface area contributed by atoms with E-state index in [0.29, 0.717) is 69.3 Å². The third kappa shape index (κ3) is 7.00. The molecular weight excluding hydrogens is 801 g/mol. The Balaban J connectivity index is 0.761. The number of imide groups is 1. The summed E-state index contributed by atoms with van der Waals surface area (Å²) in [5.41, 5.74) is 3.28. The molecule has 61 heavy (non-hydrogen) atoms. The molecule has 17 nitrogen and oxygen atoms in total. The number of aryl methyl sites for hydroxylation is 1. The van der Waals surface area contributed by atoms with Crippen molar-refractivity contribution in [3.63, 3.8) is 0 Å². The number of rotatable bonds is 9. The molecule has 0 radical (unpaired) electrons. The van der Waals surface area contributed by atoms with Crippen LogP contribution in [0.4, 0.5) is 17.5 Å². The minimum atomic E-state index is -3.74. The van der Waals surface area contributed by atoms with E-state index in [9.17, 15) is 32.7 Å². The fourth-order valence-electron chi connectivity index (χ4n) is 10.4. The number of benzene rings is 2. The lowest BCUT2D eigenvalue weighted by Gasteiger charge is -2.36. The number of fused-ring (bicyclic) bond motifs is 3. The molecule has 3 saturated heterocycles. The van der Waals surface area contributed by atoms with E-state index in [0.717, 1.165) is 67.5 Å². The number of aromatic nitrogens is 4. The molecule has 3 N–H and O–H groups in total. The first-order chi connectivity index (χ1) is 29.4. The topological polar surface area (TPSA) is 195 Å². The number of para-hydroxylation sites is 1. The highest BCUT2D eigenvalue weighted by atomic mass is 32.2. The van der Waals surface area contributed by atoms with Crippen molar-refractivity contribution in [2.24, 2.45) is 7.05 Å². The lowest BCUT2D eigenvalue weighted by Crippen LogP contribution is -2.46. The summed E-state index contributed by atoms with van der Waals surface area (Å²) in [4.78, 5) is 67.8. The van der Waals surface area contributed by atoms with Crippen LogP contribution in [0, 0.1) is 0 Å². The number of nitrogens with one attached hydrogen (secondary N) is 2. The van der Waals surface area contributed by atoms with Gasteiger partial charge in [-0.1, -0.05) is 18.2 Å². The zero-order valence-electron chi connectivity index (χ0n) is 34.3. The second-order valence-corrected chi connectivity index (χ2v) is 19.7. The summed E-state index contributed by atoms with van der Waals surface area (Å²) in [5.74, 6) is 0.390.